The molecule has 3 saturated heterocycles. The molecule has 9 heteroatoms. The topological polar surface area (TPSA) is 96.4 Å². The van der Waals surface area contributed by atoms with Crippen LogP contribution in [0.25, 0.3) is 0 Å². The summed E-state index contributed by atoms with van der Waals surface area (Å²) in [5.74, 6) is -2.83. The Morgan fingerprint density at radius 2 is 2.06 bits per heavy atom. The number of aliphatic hydroxyl groups is 1. The van der Waals surface area contributed by atoms with Crippen molar-refractivity contribution in [1.29, 1.82) is 0 Å². The molecule has 1 aromatic rings. The predicted octanol–water partition coefficient (Wildman–Crippen LogP) is 3.12. The quantitative estimate of drug-likeness (QED) is 0.276. The lowest BCUT2D eigenvalue weighted by atomic mass is 9.70. The van der Waals surface area contributed by atoms with Crippen LogP contribution >= 0.6 is 11.6 Å². The zero-order valence-electron chi connectivity index (χ0n) is 20.5. The maximum atomic E-state index is 14.3. The molecule has 1 N–H and O–H groups in total. The number of amides is 2. The highest BCUT2D eigenvalue weighted by Crippen LogP contribution is 2.59. The number of benzene rings is 1. The standard InChI is InChI=1S/C27H33ClN2O6/c1-4-7-15-35-26(34)21-20-12-13-27(36-20)22(21)24(32)30(18(6-3)16-31)23(27)25(33)29(14-5-2)19-10-8-17(28)9-11-19/h4-5,8-11,18,20-23,31H,1-2,6-7,12-16H2,3H3/t18-,20-,21+,22-,23?,27?/m0/s1. The molecular weight excluding hydrogens is 484 g/mol. The third-order valence-electron chi connectivity index (χ3n) is 7.60. The fraction of sp³-hybridized carbons (Fsp3) is 0.519. The molecule has 194 valence electrons. The Balaban J connectivity index is 1.76. The Labute approximate surface area is 216 Å². The van der Waals surface area contributed by atoms with E-state index in [4.69, 9.17) is 21.1 Å². The first kappa shape index (κ1) is 26.4. The van der Waals surface area contributed by atoms with Crippen LogP contribution in [0.3, 0.4) is 0 Å². The number of carbonyl (C=O) groups excluding carboxylic acids is 3. The second-order valence-electron chi connectivity index (χ2n) is 9.50. The molecule has 36 heavy (non-hydrogen) atoms. The molecule has 0 aliphatic carbocycles. The molecule has 6 atom stereocenters. The number of hydrogen-bond donors (Lipinski definition) is 1. The second-order valence-corrected chi connectivity index (χ2v) is 9.94. The summed E-state index contributed by atoms with van der Waals surface area (Å²) in [7, 11) is 0. The van der Waals surface area contributed by atoms with Crippen molar-refractivity contribution in [3.05, 3.63) is 54.6 Å². The molecule has 0 saturated carbocycles. The maximum absolute atomic E-state index is 14.3. The Hall–Kier alpha value is -2.68. The van der Waals surface area contributed by atoms with Crippen LogP contribution in [-0.4, -0.2) is 71.3 Å². The number of esters is 1. The van der Waals surface area contributed by atoms with Crippen molar-refractivity contribution in [3.63, 3.8) is 0 Å². The summed E-state index contributed by atoms with van der Waals surface area (Å²) < 4.78 is 11.9. The smallest absolute Gasteiger partial charge is 0.312 e. The minimum atomic E-state index is -1.17. The van der Waals surface area contributed by atoms with Gasteiger partial charge in [-0.05, 0) is 49.9 Å². The van der Waals surface area contributed by atoms with Gasteiger partial charge in [-0.3, -0.25) is 14.4 Å². The van der Waals surface area contributed by atoms with Gasteiger partial charge in [0.05, 0.1) is 37.2 Å². The van der Waals surface area contributed by atoms with Gasteiger partial charge in [0, 0.05) is 17.3 Å². The van der Waals surface area contributed by atoms with Crippen molar-refractivity contribution in [1.82, 2.24) is 4.90 Å². The van der Waals surface area contributed by atoms with Crippen molar-refractivity contribution in [2.45, 2.75) is 56.4 Å². The van der Waals surface area contributed by atoms with E-state index in [0.29, 0.717) is 36.4 Å². The van der Waals surface area contributed by atoms with Gasteiger partial charge in [0.15, 0.2) is 0 Å². The van der Waals surface area contributed by atoms with E-state index in [1.807, 2.05) is 6.92 Å². The normalized spacial score (nSPS) is 29.1. The van der Waals surface area contributed by atoms with Crippen LogP contribution in [-0.2, 0) is 23.9 Å². The number of fused-ring (bicyclic) bond motifs is 1. The largest absolute Gasteiger partial charge is 0.465 e. The number of aliphatic hydroxyl groups excluding tert-OH is 1. The molecule has 2 bridgehead atoms. The summed E-state index contributed by atoms with van der Waals surface area (Å²) in [5.41, 5.74) is -0.573. The SMILES string of the molecule is C=CCCOC(=O)[C@@H]1[C@@H]2CCC3(O2)C(C(=O)N(CC=C)c2ccc(Cl)cc2)N([C@@H](CC)CO)C(=O)[C@H]13. The Bertz CT molecular complexity index is 1030. The minimum Gasteiger partial charge on any atom is -0.465 e. The summed E-state index contributed by atoms with van der Waals surface area (Å²) in [6, 6.07) is 5.25. The van der Waals surface area contributed by atoms with Gasteiger partial charge in [-0.15, -0.1) is 13.2 Å². The van der Waals surface area contributed by atoms with Gasteiger partial charge in [0.2, 0.25) is 5.91 Å². The number of carbonyl (C=O) groups is 3. The highest BCUT2D eigenvalue weighted by atomic mass is 35.5. The fourth-order valence-electron chi connectivity index (χ4n) is 6.00. The van der Waals surface area contributed by atoms with Crippen LogP contribution in [0.4, 0.5) is 5.69 Å². The van der Waals surface area contributed by atoms with Crippen LogP contribution in [0.2, 0.25) is 5.02 Å². The number of ether oxygens (including phenoxy) is 2. The summed E-state index contributed by atoms with van der Waals surface area (Å²) in [5, 5.41) is 10.7. The van der Waals surface area contributed by atoms with Crippen LogP contribution in [0.1, 0.15) is 32.6 Å². The zero-order valence-corrected chi connectivity index (χ0v) is 21.2. The van der Waals surface area contributed by atoms with Crippen molar-refractivity contribution in [3.8, 4) is 0 Å². The van der Waals surface area contributed by atoms with E-state index in [9.17, 15) is 19.5 Å². The first-order chi connectivity index (χ1) is 17.3. The first-order valence-electron chi connectivity index (χ1n) is 12.4. The van der Waals surface area contributed by atoms with E-state index in [2.05, 4.69) is 13.2 Å². The molecule has 3 aliphatic heterocycles. The van der Waals surface area contributed by atoms with E-state index >= 15 is 0 Å². The van der Waals surface area contributed by atoms with Crippen LogP contribution in [0, 0.1) is 11.8 Å². The Morgan fingerprint density at radius 1 is 1.33 bits per heavy atom. The van der Waals surface area contributed by atoms with Crippen molar-refractivity contribution in [2.24, 2.45) is 11.8 Å². The molecule has 0 radical (unpaired) electrons. The summed E-state index contributed by atoms with van der Waals surface area (Å²) >= 11 is 6.06. The van der Waals surface area contributed by atoms with Gasteiger partial charge < -0.3 is 24.4 Å². The summed E-state index contributed by atoms with van der Waals surface area (Å²) in [6.45, 7) is 9.35. The zero-order chi connectivity index (χ0) is 26.0. The minimum absolute atomic E-state index is 0.170. The molecule has 3 heterocycles. The highest BCUT2D eigenvalue weighted by molar-refractivity contribution is 6.30. The molecule has 0 aromatic heterocycles. The molecule has 8 nitrogen and oxygen atoms in total. The monoisotopic (exact) mass is 516 g/mol. The number of halogens is 1. The molecule has 3 fully saturated rings. The summed E-state index contributed by atoms with van der Waals surface area (Å²) in [6.07, 6.45) is 4.71. The van der Waals surface area contributed by atoms with Crippen LogP contribution in [0.15, 0.2) is 49.6 Å². The number of hydrogen-bond acceptors (Lipinski definition) is 6. The lowest BCUT2D eigenvalue weighted by Gasteiger charge is -2.39. The van der Waals surface area contributed by atoms with E-state index in [1.54, 1.807) is 41.3 Å². The van der Waals surface area contributed by atoms with Gasteiger partial charge in [-0.1, -0.05) is 30.7 Å². The number of rotatable bonds is 11. The number of anilines is 1. The number of likely N-dealkylation sites (tertiary alicyclic amines) is 1. The van der Waals surface area contributed by atoms with E-state index < -0.39 is 41.6 Å². The molecular formula is C27H33ClN2O6. The molecule has 1 spiro atoms. The van der Waals surface area contributed by atoms with Crippen molar-refractivity contribution in [2.75, 3.05) is 24.7 Å². The third-order valence-corrected chi connectivity index (χ3v) is 7.85. The number of nitrogens with zero attached hydrogens (tertiary/aromatic N) is 2. The van der Waals surface area contributed by atoms with E-state index in [-0.39, 0.29) is 31.6 Å². The average molecular weight is 517 g/mol. The van der Waals surface area contributed by atoms with Gasteiger partial charge >= 0.3 is 5.97 Å². The van der Waals surface area contributed by atoms with Gasteiger partial charge in [-0.25, -0.2) is 0 Å². The van der Waals surface area contributed by atoms with E-state index in [0.717, 1.165) is 0 Å². The molecule has 2 unspecified atom stereocenters. The lowest BCUT2D eigenvalue weighted by Crippen LogP contribution is -2.59. The molecule has 1 aromatic carbocycles. The first-order valence-corrected chi connectivity index (χ1v) is 12.8. The highest BCUT2D eigenvalue weighted by Gasteiger charge is 2.75. The van der Waals surface area contributed by atoms with Crippen LogP contribution in [0.5, 0.6) is 0 Å². The van der Waals surface area contributed by atoms with Gasteiger partial charge in [-0.2, -0.15) is 0 Å². The third kappa shape index (κ3) is 4.25. The van der Waals surface area contributed by atoms with Gasteiger partial charge in [0.1, 0.15) is 11.6 Å². The molecule has 3 aliphatic rings. The second kappa shape index (κ2) is 10.7. The van der Waals surface area contributed by atoms with E-state index in [1.165, 1.54) is 4.90 Å². The predicted molar refractivity (Wildman–Crippen MR) is 135 cm³/mol. The van der Waals surface area contributed by atoms with Crippen molar-refractivity contribution >= 4 is 35.1 Å². The Kier molecular flexibility index (Phi) is 7.87. The fourth-order valence-corrected chi connectivity index (χ4v) is 6.13. The van der Waals surface area contributed by atoms with Gasteiger partial charge in [0.25, 0.3) is 5.91 Å². The molecule has 4 rings (SSSR count). The average Bonchev–Trinajstić information content (AvgIpc) is 3.52. The maximum Gasteiger partial charge on any atom is 0.312 e. The van der Waals surface area contributed by atoms with Crippen molar-refractivity contribution < 1.29 is 29.0 Å². The lowest BCUT2D eigenvalue weighted by molar-refractivity contribution is -0.155. The molecule has 2 amide bonds. The van der Waals surface area contributed by atoms with Crippen LogP contribution < -0.4 is 4.90 Å². The Morgan fingerprint density at radius 3 is 2.67 bits per heavy atom. The summed E-state index contributed by atoms with van der Waals surface area (Å²) in [4.78, 5) is 44.3.